The van der Waals surface area contributed by atoms with E-state index in [1.54, 1.807) is 4.90 Å². The Morgan fingerprint density at radius 1 is 1.50 bits per heavy atom. The zero-order chi connectivity index (χ0) is 10.8. The fourth-order valence-electron chi connectivity index (χ4n) is 2.44. The van der Waals surface area contributed by atoms with Crippen LogP contribution in [0.3, 0.4) is 0 Å². The van der Waals surface area contributed by atoms with E-state index >= 15 is 0 Å². The minimum Gasteiger partial charge on any atom is -0.348 e. The number of hydrogen-bond donors (Lipinski definition) is 1. The maximum atomic E-state index is 12.1. The van der Waals surface area contributed by atoms with Crippen LogP contribution in [0.4, 0.5) is 0 Å². The third-order valence-electron chi connectivity index (χ3n) is 2.90. The average Bonchev–Trinajstić information content (AvgIpc) is 2.51. The summed E-state index contributed by atoms with van der Waals surface area (Å²) in [4.78, 5) is 13.8. The molecule has 0 spiro atoms. The molecule has 1 N–H and O–H groups in total. The summed E-state index contributed by atoms with van der Waals surface area (Å²) in [6.45, 7) is 6.19. The Morgan fingerprint density at radius 2 is 2.14 bits per heavy atom. The summed E-state index contributed by atoms with van der Waals surface area (Å²) in [5, 5.41) is 3.31. The van der Waals surface area contributed by atoms with Gasteiger partial charge in [-0.3, -0.25) is 4.79 Å². The number of rotatable bonds is 3. The van der Waals surface area contributed by atoms with E-state index in [4.69, 9.17) is 0 Å². The highest BCUT2D eigenvalue weighted by Crippen LogP contribution is 2.34. The third-order valence-corrected chi connectivity index (χ3v) is 2.90. The van der Waals surface area contributed by atoms with Crippen molar-refractivity contribution < 1.29 is 4.79 Å². The lowest BCUT2D eigenvalue weighted by Crippen LogP contribution is -2.42. The van der Waals surface area contributed by atoms with Gasteiger partial charge in [0.2, 0.25) is 5.91 Å². The Labute approximate surface area is 86.9 Å². The van der Waals surface area contributed by atoms with Crippen LogP contribution in [0.1, 0.15) is 26.7 Å². The van der Waals surface area contributed by atoms with Gasteiger partial charge in [0.25, 0.3) is 0 Å². The van der Waals surface area contributed by atoms with Gasteiger partial charge in [0.1, 0.15) is 0 Å². The van der Waals surface area contributed by atoms with Gasteiger partial charge in [0, 0.05) is 20.6 Å². The van der Waals surface area contributed by atoms with Crippen molar-refractivity contribution in [3.63, 3.8) is 0 Å². The summed E-state index contributed by atoms with van der Waals surface area (Å²) in [5.74, 6) is 0.870. The van der Waals surface area contributed by atoms with Crippen LogP contribution in [0.2, 0.25) is 0 Å². The van der Waals surface area contributed by atoms with Gasteiger partial charge in [-0.25, -0.2) is 0 Å². The number of hydrogen-bond acceptors (Lipinski definition) is 2. The second-order valence-electron chi connectivity index (χ2n) is 5.00. The molecule has 1 atom stereocenters. The maximum absolute atomic E-state index is 12.1. The molecule has 1 aliphatic rings. The van der Waals surface area contributed by atoms with Gasteiger partial charge in [-0.05, 0) is 25.3 Å². The highest BCUT2D eigenvalue weighted by molar-refractivity contribution is 5.83. The molecule has 1 rings (SSSR count). The van der Waals surface area contributed by atoms with Crippen LogP contribution in [-0.4, -0.2) is 38.0 Å². The van der Waals surface area contributed by atoms with Crippen molar-refractivity contribution in [2.24, 2.45) is 11.3 Å². The largest absolute Gasteiger partial charge is 0.348 e. The third kappa shape index (κ3) is 2.27. The minimum atomic E-state index is -0.127. The Hall–Kier alpha value is -0.570. The summed E-state index contributed by atoms with van der Waals surface area (Å²) in [6.07, 6.45) is 1.99. The van der Waals surface area contributed by atoms with E-state index in [2.05, 4.69) is 19.2 Å². The Morgan fingerprint density at radius 3 is 2.50 bits per heavy atom. The number of carbonyl (C=O) groups is 1. The van der Waals surface area contributed by atoms with E-state index < -0.39 is 0 Å². The summed E-state index contributed by atoms with van der Waals surface area (Å²) in [5.41, 5.74) is -0.127. The molecule has 1 aliphatic heterocycles. The fraction of sp³-hybridized carbons (Fsp3) is 0.909. The quantitative estimate of drug-likeness (QED) is 0.736. The van der Waals surface area contributed by atoms with E-state index in [9.17, 15) is 4.79 Å². The normalized spacial score (nSPS) is 26.9. The molecule has 82 valence electrons. The molecule has 1 saturated heterocycles. The number of amides is 1. The van der Waals surface area contributed by atoms with Gasteiger partial charge in [-0.2, -0.15) is 0 Å². The lowest BCUT2D eigenvalue weighted by atomic mass is 9.78. The van der Waals surface area contributed by atoms with Crippen LogP contribution in [0.5, 0.6) is 0 Å². The molecule has 0 bridgehead atoms. The molecule has 0 saturated carbocycles. The lowest BCUT2D eigenvalue weighted by Gasteiger charge is -2.31. The highest BCUT2D eigenvalue weighted by Gasteiger charge is 2.42. The zero-order valence-electron chi connectivity index (χ0n) is 9.76. The van der Waals surface area contributed by atoms with Gasteiger partial charge >= 0.3 is 0 Å². The fourth-order valence-corrected chi connectivity index (χ4v) is 2.44. The van der Waals surface area contributed by atoms with Crippen LogP contribution >= 0.6 is 0 Å². The van der Waals surface area contributed by atoms with Crippen molar-refractivity contribution in [1.82, 2.24) is 10.2 Å². The van der Waals surface area contributed by atoms with Crippen molar-refractivity contribution in [3.8, 4) is 0 Å². The van der Waals surface area contributed by atoms with Crippen molar-refractivity contribution in [3.05, 3.63) is 0 Å². The molecule has 1 heterocycles. The SMILES string of the molecule is CC(C)CC1(C(=O)N(C)C)CCNC1. The first-order valence-corrected chi connectivity index (χ1v) is 5.40. The number of carbonyl (C=O) groups excluding carboxylic acids is 1. The standard InChI is InChI=1S/C11H22N2O/c1-9(2)7-11(5-6-12-8-11)10(14)13(3)4/h9,12H,5-8H2,1-4H3. The van der Waals surface area contributed by atoms with E-state index in [-0.39, 0.29) is 11.3 Å². The van der Waals surface area contributed by atoms with Gasteiger partial charge < -0.3 is 10.2 Å². The van der Waals surface area contributed by atoms with Crippen LogP contribution in [0, 0.1) is 11.3 Å². The number of nitrogens with zero attached hydrogens (tertiary/aromatic N) is 1. The Kier molecular flexibility index (Phi) is 3.53. The summed E-state index contributed by atoms with van der Waals surface area (Å²) < 4.78 is 0. The number of nitrogens with one attached hydrogen (secondary N) is 1. The van der Waals surface area contributed by atoms with Gasteiger partial charge in [-0.1, -0.05) is 13.8 Å². The molecule has 0 radical (unpaired) electrons. The summed E-state index contributed by atoms with van der Waals surface area (Å²) in [7, 11) is 3.70. The van der Waals surface area contributed by atoms with Gasteiger partial charge in [-0.15, -0.1) is 0 Å². The molecular weight excluding hydrogens is 176 g/mol. The molecule has 3 nitrogen and oxygen atoms in total. The van der Waals surface area contributed by atoms with Crippen molar-refractivity contribution in [2.75, 3.05) is 27.2 Å². The lowest BCUT2D eigenvalue weighted by molar-refractivity contribution is -0.139. The van der Waals surface area contributed by atoms with Crippen LogP contribution in [-0.2, 0) is 4.79 Å². The second-order valence-corrected chi connectivity index (χ2v) is 5.00. The molecule has 14 heavy (non-hydrogen) atoms. The topological polar surface area (TPSA) is 32.3 Å². The van der Waals surface area contributed by atoms with E-state index in [0.717, 1.165) is 25.9 Å². The minimum absolute atomic E-state index is 0.127. The zero-order valence-corrected chi connectivity index (χ0v) is 9.76. The van der Waals surface area contributed by atoms with Crippen molar-refractivity contribution >= 4 is 5.91 Å². The van der Waals surface area contributed by atoms with Crippen LogP contribution < -0.4 is 5.32 Å². The highest BCUT2D eigenvalue weighted by atomic mass is 16.2. The molecule has 1 unspecified atom stereocenters. The van der Waals surface area contributed by atoms with E-state index in [1.807, 2.05) is 14.1 Å². The predicted octanol–water partition coefficient (Wildman–Crippen LogP) is 1.10. The first-order valence-electron chi connectivity index (χ1n) is 5.40. The second kappa shape index (κ2) is 4.30. The molecular formula is C11H22N2O. The predicted molar refractivity (Wildman–Crippen MR) is 58.1 cm³/mol. The molecule has 0 aromatic rings. The summed E-state index contributed by atoms with van der Waals surface area (Å²) in [6, 6.07) is 0. The van der Waals surface area contributed by atoms with Gasteiger partial charge in [0.15, 0.2) is 0 Å². The first kappa shape index (κ1) is 11.5. The van der Waals surface area contributed by atoms with Crippen molar-refractivity contribution in [2.45, 2.75) is 26.7 Å². The smallest absolute Gasteiger partial charge is 0.229 e. The maximum Gasteiger partial charge on any atom is 0.229 e. The molecule has 0 aliphatic carbocycles. The molecule has 0 aromatic heterocycles. The monoisotopic (exact) mass is 198 g/mol. The van der Waals surface area contributed by atoms with E-state index in [0.29, 0.717) is 5.92 Å². The Bertz CT molecular complexity index is 205. The Balaban J connectivity index is 2.76. The van der Waals surface area contributed by atoms with Crippen molar-refractivity contribution in [1.29, 1.82) is 0 Å². The summed E-state index contributed by atoms with van der Waals surface area (Å²) >= 11 is 0. The van der Waals surface area contributed by atoms with Crippen LogP contribution in [0.25, 0.3) is 0 Å². The molecule has 3 heteroatoms. The average molecular weight is 198 g/mol. The first-order chi connectivity index (χ1) is 6.48. The van der Waals surface area contributed by atoms with E-state index in [1.165, 1.54) is 0 Å². The van der Waals surface area contributed by atoms with Crippen LogP contribution in [0.15, 0.2) is 0 Å². The molecule has 1 fully saturated rings. The molecule has 1 amide bonds. The van der Waals surface area contributed by atoms with Gasteiger partial charge in [0.05, 0.1) is 5.41 Å². The molecule has 0 aromatic carbocycles.